The van der Waals surface area contributed by atoms with Crippen molar-refractivity contribution in [3.05, 3.63) is 35.9 Å². The van der Waals surface area contributed by atoms with Crippen LogP contribution in [0.5, 0.6) is 0 Å². The minimum absolute atomic E-state index is 0.0496. The lowest BCUT2D eigenvalue weighted by molar-refractivity contribution is -0.128. The van der Waals surface area contributed by atoms with Gasteiger partial charge in [-0.05, 0) is 12.8 Å². The molecule has 0 N–H and O–H groups in total. The second-order valence-electron chi connectivity index (χ2n) is 4.92. The summed E-state index contributed by atoms with van der Waals surface area (Å²) in [6.07, 6.45) is 3.31. The average molecular weight is 230 g/mol. The maximum Gasteiger partial charge on any atom is 0.163 e. The van der Waals surface area contributed by atoms with Gasteiger partial charge in [-0.15, -0.1) is 0 Å². The van der Waals surface area contributed by atoms with Crippen LogP contribution in [0.4, 0.5) is 0 Å². The van der Waals surface area contributed by atoms with Gasteiger partial charge in [0.1, 0.15) is 5.78 Å². The van der Waals surface area contributed by atoms with Crippen molar-refractivity contribution in [2.45, 2.75) is 32.6 Å². The molecule has 1 aliphatic carbocycles. The van der Waals surface area contributed by atoms with Gasteiger partial charge < -0.3 is 0 Å². The molecule has 1 saturated carbocycles. The van der Waals surface area contributed by atoms with Crippen molar-refractivity contribution in [2.24, 2.45) is 11.8 Å². The predicted octanol–water partition coefficient (Wildman–Crippen LogP) is 3.26. The minimum Gasteiger partial charge on any atom is -0.299 e. The van der Waals surface area contributed by atoms with E-state index in [1.165, 1.54) is 0 Å². The lowest BCUT2D eigenvalue weighted by atomic mass is 9.78. The average Bonchev–Trinajstić information content (AvgIpc) is 2.36. The Morgan fingerprint density at radius 3 is 2.65 bits per heavy atom. The standard InChI is InChI=1S/C15H18O2/c1-11-6-5-9-13(15(11)17)10-14(16)12-7-3-2-4-8-12/h2-4,7-8,11,13H,5-6,9-10H2,1H3. The Hall–Kier alpha value is -1.44. The molecule has 0 spiro atoms. The first-order valence-corrected chi connectivity index (χ1v) is 6.30. The highest BCUT2D eigenvalue weighted by Crippen LogP contribution is 2.28. The summed E-state index contributed by atoms with van der Waals surface area (Å²) in [6.45, 7) is 1.97. The summed E-state index contributed by atoms with van der Waals surface area (Å²) >= 11 is 0. The number of benzene rings is 1. The Balaban J connectivity index is 2.01. The summed E-state index contributed by atoms with van der Waals surface area (Å²) in [5, 5.41) is 0. The molecule has 0 saturated heterocycles. The first-order chi connectivity index (χ1) is 8.18. The molecule has 2 unspecified atom stereocenters. The van der Waals surface area contributed by atoms with Crippen LogP contribution in [0.1, 0.15) is 43.0 Å². The van der Waals surface area contributed by atoms with Crippen LogP contribution in [0.3, 0.4) is 0 Å². The van der Waals surface area contributed by atoms with Gasteiger partial charge in [-0.25, -0.2) is 0 Å². The van der Waals surface area contributed by atoms with Crippen molar-refractivity contribution in [3.8, 4) is 0 Å². The molecule has 2 rings (SSSR count). The van der Waals surface area contributed by atoms with Crippen molar-refractivity contribution >= 4 is 11.6 Å². The fraction of sp³-hybridized carbons (Fsp3) is 0.467. The molecule has 0 aliphatic heterocycles. The van der Waals surface area contributed by atoms with Crippen LogP contribution in [0, 0.1) is 11.8 Å². The van der Waals surface area contributed by atoms with Gasteiger partial charge in [0, 0.05) is 23.8 Å². The molecule has 0 bridgehead atoms. The summed E-state index contributed by atoms with van der Waals surface area (Å²) in [6, 6.07) is 9.25. The molecule has 17 heavy (non-hydrogen) atoms. The lowest BCUT2D eigenvalue weighted by Gasteiger charge is -2.24. The van der Waals surface area contributed by atoms with Crippen LogP contribution in [-0.4, -0.2) is 11.6 Å². The third kappa shape index (κ3) is 2.82. The first kappa shape index (κ1) is 12.0. The fourth-order valence-electron chi connectivity index (χ4n) is 2.53. The van der Waals surface area contributed by atoms with Crippen molar-refractivity contribution in [1.29, 1.82) is 0 Å². The number of carbonyl (C=O) groups excluding carboxylic acids is 2. The molecule has 1 aromatic rings. The number of rotatable bonds is 3. The lowest BCUT2D eigenvalue weighted by Crippen LogP contribution is -2.28. The molecule has 2 atom stereocenters. The molecular weight excluding hydrogens is 212 g/mol. The van der Waals surface area contributed by atoms with Crippen molar-refractivity contribution in [3.63, 3.8) is 0 Å². The van der Waals surface area contributed by atoms with E-state index < -0.39 is 0 Å². The summed E-state index contributed by atoms with van der Waals surface area (Å²) in [5.74, 6) is 0.461. The maximum absolute atomic E-state index is 12.0. The Kier molecular flexibility index (Phi) is 3.72. The van der Waals surface area contributed by atoms with E-state index in [0.29, 0.717) is 6.42 Å². The van der Waals surface area contributed by atoms with Gasteiger partial charge in [0.2, 0.25) is 0 Å². The molecule has 0 radical (unpaired) electrons. The largest absolute Gasteiger partial charge is 0.299 e. The highest BCUT2D eigenvalue weighted by molar-refractivity contribution is 5.99. The van der Waals surface area contributed by atoms with Gasteiger partial charge in [0.15, 0.2) is 5.78 Å². The van der Waals surface area contributed by atoms with Crippen molar-refractivity contribution in [2.75, 3.05) is 0 Å². The molecule has 2 nitrogen and oxygen atoms in total. The second-order valence-corrected chi connectivity index (χ2v) is 4.92. The van der Waals surface area contributed by atoms with E-state index in [0.717, 1.165) is 24.8 Å². The van der Waals surface area contributed by atoms with Crippen LogP contribution < -0.4 is 0 Å². The van der Waals surface area contributed by atoms with E-state index in [1.54, 1.807) is 0 Å². The van der Waals surface area contributed by atoms with Gasteiger partial charge in [0.25, 0.3) is 0 Å². The van der Waals surface area contributed by atoms with Crippen LogP contribution >= 0.6 is 0 Å². The molecule has 1 aliphatic rings. The van der Waals surface area contributed by atoms with E-state index in [1.807, 2.05) is 37.3 Å². The topological polar surface area (TPSA) is 34.1 Å². The van der Waals surface area contributed by atoms with Gasteiger partial charge in [-0.2, -0.15) is 0 Å². The highest BCUT2D eigenvalue weighted by Gasteiger charge is 2.29. The predicted molar refractivity (Wildman–Crippen MR) is 66.9 cm³/mol. The molecule has 90 valence electrons. The molecule has 0 amide bonds. The number of Topliss-reactive ketones (excluding diaryl/α,β-unsaturated/α-hetero) is 2. The molecule has 0 aromatic heterocycles. The van der Waals surface area contributed by atoms with Gasteiger partial charge in [-0.1, -0.05) is 43.7 Å². The third-order valence-electron chi connectivity index (χ3n) is 3.61. The SMILES string of the molecule is CC1CCCC(CC(=O)c2ccccc2)C1=O. The van der Waals surface area contributed by atoms with E-state index in [2.05, 4.69) is 0 Å². The smallest absolute Gasteiger partial charge is 0.163 e. The van der Waals surface area contributed by atoms with E-state index in [-0.39, 0.29) is 23.4 Å². The third-order valence-corrected chi connectivity index (χ3v) is 3.61. The van der Waals surface area contributed by atoms with E-state index in [9.17, 15) is 9.59 Å². The van der Waals surface area contributed by atoms with Crippen molar-refractivity contribution < 1.29 is 9.59 Å². The fourth-order valence-corrected chi connectivity index (χ4v) is 2.53. The normalized spacial score (nSPS) is 24.6. The number of carbonyl (C=O) groups is 2. The summed E-state index contributed by atoms with van der Waals surface area (Å²) in [5.41, 5.74) is 0.721. The van der Waals surface area contributed by atoms with Crippen LogP contribution in [0.15, 0.2) is 30.3 Å². The first-order valence-electron chi connectivity index (χ1n) is 6.30. The number of hydrogen-bond acceptors (Lipinski definition) is 2. The highest BCUT2D eigenvalue weighted by atomic mass is 16.1. The van der Waals surface area contributed by atoms with Gasteiger partial charge >= 0.3 is 0 Å². The Bertz CT molecular complexity index is 408. The zero-order chi connectivity index (χ0) is 12.3. The summed E-state index contributed by atoms with van der Waals surface area (Å²) < 4.78 is 0. The van der Waals surface area contributed by atoms with Crippen LogP contribution in [0.2, 0.25) is 0 Å². The number of ketones is 2. The second kappa shape index (κ2) is 5.26. The zero-order valence-corrected chi connectivity index (χ0v) is 10.2. The number of hydrogen-bond donors (Lipinski definition) is 0. The van der Waals surface area contributed by atoms with Crippen LogP contribution in [0.25, 0.3) is 0 Å². The molecule has 1 aromatic carbocycles. The zero-order valence-electron chi connectivity index (χ0n) is 10.2. The molecular formula is C15H18O2. The summed E-state index contributed by atoms with van der Waals surface area (Å²) in [4.78, 5) is 24.0. The Morgan fingerprint density at radius 1 is 1.24 bits per heavy atom. The monoisotopic (exact) mass is 230 g/mol. The van der Waals surface area contributed by atoms with E-state index >= 15 is 0 Å². The minimum atomic E-state index is -0.0496. The maximum atomic E-state index is 12.0. The molecule has 2 heteroatoms. The Labute approximate surface area is 102 Å². The Morgan fingerprint density at radius 2 is 1.94 bits per heavy atom. The van der Waals surface area contributed by atoms with Gasteiger partial charge in [-0.3, -0.25) is 9.59 Å². The van der Waals surface area contributed by atoms with E-state index in [4.69, 9.17) is 0 Å². The van der Waals surface area contributed by atoms with Crippen LogP contribution in [-0.2, 0) is 4.79 Å². The quantitative estimate of drug-likeness (QED) is 0.747. The summed E-state index contributed by atoms with van der Waals surface area (Å²) in [7, 11) is 0. The molecule has 0 heterocycles. The van der Waals surface area contributed by atoms with Crippen molar-refractivity contribution in [1.82, 2.24) is 0 Å². The van der Waals surface area contributed by atoms with Gasteiger partial charge in [0.05, 0.1) is 0 Å². The molecule has 1 fully saturated rings.